The van der Waals surface area contributed by atoms with E-state index in [4.69, 9.17) is 4.74 Å². The van der Waals surface area contributed by atoms with Crippen molar-refractivity contribution in [2.24, 2.45) is 5.92 Å². The first kappa shape index (κ1) is 15.0. The van der Waals surface area contributed by atoms with Gasteiger partial charge in [0.25, 0.3) is 0 Å². The predicted molar refractivity (Wildman–Crippen MR) is 86.3 cm³/mol. The first-order chi connectivity index (χ1) is 10.3. The quantitative estimate of drug-likeness (QED) is 0.835. The second-order valence-corrected chi connectivity index (χ2v) is 6.63. The normalized spacial score (nSPS) is 24.9. The summed E-state index contributed by atoms with van der Waals surface area (Å²) >= 11 is 0. The summed E-state index contributed by atoms with van der Waals surface area (Å²) in [5.74, 6) is 0.856. The molecule has 1 aliphatic carbocycles. The summed E-state index contributed by atoms with van der Waals surface area (Å²) in [6.07, 6.45) is 5.36. The molecule has 2 fully saturated rings. The number of piperidine rings is 1. The van der Waals surface area contributed by atoms with Crippen LogP contribution in [0.25, 0.3) is 0 Å². The summed E-state index contributed by atoms with van der Waals surface area (Å²) in [5.41, 5.74) is 1.42. The molecule has 2 unspecified atom stereocenters. The van der Waals surface area contributed by atoms with Gasteiger partial charge in [0.05, 0.1) is 6.61 Å². The maximum atomic E-state index is 5.39. The van der Waals surface area contributed by atoms with Gasteiger partial charge in [0, 0.05) is 32.3 Å². The Labute approximate surface area is 128 Å². The molecule has 0 amide bonds. The topological polar surface area (TPSA) is 24.5 Å². The number of benzene rings is 1. The molecule has 21 heavy (non-hydrogen) atoms. The molecule has 2 atom stereocenters. The van der Waals surface area contributed by atoms with Gasteiger partial charge in [-0.3, -0.25) is 4.90 Å². The Kier molecular flexibility index (Phi) is 5.28. The second-order valence-electron chi connectivity index (χ2n) is 6.63. The Hall–Kier alpha value is -0.900. The van der Waals surface area contributed by atoms with Crippen molar-refractivity contribution < 1.29 is 4.74 Å². The molecule has 3 nitrogen and oxygen atoms in total. The van der Waals surface area contributed by atoms with E-state index in [1.807, 2.05) is 7.11 Å². The largest absolute Gasteiger partial charge is 0.383 e. The first-order valence-corrected chi connectivity index (χ1v) is 8.36. The average Bonchev–Trinajstić information content (AvgIpc) is 3.33. The van der Waals surface area contributed by atoms with Gasteiger partial charge in [-0.25, -0.2) is 0 Å². The molecule has 1 heterocycles. The number of ether oxygens (including phenoxy) is 1. The van der Waals surface area contributed by atoms with Gasteiger partial charge in [-0.2, -0.15) is 0 Å². The molecule has 0 radical (unpaired) electrons. The lowest BCUT2D eigenvalue weighted by Gasteiger charge is -2.35. The summed E-state index contributed by atoms with van der Waals surface area (Å²) in [7, 11) is 1.82. The molecule has 1 aromatic rings. The van der Waals surface area contributed by atoms with E-state index in [9.17, 15) is 0 Å². The highest BCUT2D eigenvalue weighted by atomic mass is 16.5. The fraction of sp³-hybridized carbons (Fsp3) is 0.667. The molecule has 0 aromatic heterocycles. The molecule has 1 N–H and O–H groups in total. The lowest BCUT2D eigenvalue weighted by Crippen LogP contribution is -2.50. The summed E-state index contributed by atoms with van der Waals surface area (Å²) in [5, 5.41) is 3.87. The molecule has 116 valence electrons. The minimum Gasteiger partial charge on any atom is -0.383 e. The van der Waals surface area contributed by atoms with Crippen LogP contribution in [0.5, 0.6) is 0 Å². The monoisotopic (exact) mass is 288 g/mol. The molecule has 3 rings (SSSR count). The molecule has 1 aromatic carbocycles. The molecular weight excluding hydrogens is 260 g/mol. The number of rotatable bonds is 7. The zero-order chi connectivity index (χ0) is 14.5. The predicted octanol–water partition coefficient (Wildman–Crippen LogP) is 2.67. The summed E-state index contributed by atoms with van der Waals surface area (Å²) in [6, 6.07) is 12.0. The second kappa shape index (κ2) is 7.39. The maximum absolute atomic E-state index is 5.39. The van der Waals surface area contributed by atoms with E-state index in [-0.39, 0.29) is 0 Å². The van der Waals surface area contributed by atoms with E-state index in [0.717, 1.165) is 19.1 Å². The van der Waals surface area contributed by atoms with Crippen molar-refractivity contribution >= 4 is 0 Å². The van der Waals surface area contributed by atoms with E-state index in [0.29, 0.717) is 12.1 Å². The third-order valence-electron chi connectivity index (χ3n) is 4.74. The highest BCUT2D eigenvalue weighted by molar-refractivity contribution is 5.14. The zero-order valence-corrected chi connectivity index (χ0v) is 13.1. The lowest BCUT2D eigenvalue weighted by atomic mass is 10.0. The summed E-state index contributed by atoms with van der Waals surface area (Å²) < 4.78 is 5.39. The fourth-order valence-electron chi connectivity index (χ4n) is 3.48. The van der Waals surface area contributed by atoms with Crippen LogP contribution in [0.4, 0.5) is 0 Å². The van der Waals surface area contributed by atoms with Crippen LogP contribution in [0.2, 0.25) is 0 Å². The number of nitrogens with one attached hydrogen (secondary N) is 1. The smallest absolute Gasteiger partial charge is 0.0618 e. The van der Waals surface area contributed by atoms with E-state index < -0.39 is 0 Å². The maximum Gasteiger partial charge on any atom is 0.0618 e. The summed E-state index contributed by atoms with van der Waals surface area (Å²) in [6.45, 7) is 4.34. The Morgan fingerprint density at radius 2 is 2.05 bits per heavy atom. The Balaban J connectivity index is 1.50. The lowest BCUT2D eigenvalue weighted by molar-refractivity contribution is 0.127. The van der Waals surface area contributed by atoms with Gasteiger partial charge in [0.2, 0.25) is 0 Å². The number of likely N-dealkylation sites (tertiary alicyclic amines) is 1. The molecule has 0 spiro atoms. The average molecular weight is 288 g/mol. The van der Waals surface area contributed by atoms with Crippen molar-refractivity contribution in [2.75, 3.05) is 26.8 Å². The van der Waals surface area contributed by atoms with Crippen LogP contribution in [0.3, 0.4) is 0 Å². The molecule has 1 saturated heterocycles. The van der Waals surface area contributed by atoms with Gasteiger partial charge in [-0.15, -0.1) is 0 Å². The van der Waals surface area contributed by atoms with Gasteiger partial charge >= 0.3 is 0 Å². The van der Waals surface area contributed by atoms with Crippen LogP contribution in [-0.2, 0) is 11.3 Å². The zero-order valence-electron chi connectivity index (χ0n) is 13.1. The molecule has 2 aliphatic rings. The minimum absolute atomic E-state index is 0.566. The minimum atomic E-state index is 0.566. The van der Waals surface area contributed by atoms with Crippen LogP contribution in [0, 0.1) is 5.92 Å². The van der Waals surface area contributed by atoms with Crippen LogP contribution < -0.4 is 5.32 Å². The third-order valence-corrected chi connectivity index (χ3v) is 4.74. The van der Waals surface area contributed by atoms with E-state index >= 15 is 0 Å². The number of hydrogen-bond donors (Lipinski definition) is 1. The standard InChI is InChI=1S/C18H28N2O/c1-21-14-18(16-9-10-16)19-17-8-5-11-20(13-17)12-15-6-3-2-4-7-15/h2-4,6-7,16-19H,5,8-14H2,1H3. The molecular formula is C18H28N2O. The number of methoxy groups -OCH3 is 1. The van der Waals surface area contributed by atoms with Gasteiger partial charge in [0.15, 0.2) is 0 Å². The first-order valence-electron chi connectivity index (χ1n) is 8.36. The summed E-state index contributed by atoms with van der Waals surface area (Å²) in [4.78, 5) is 2.59. The van der Waals surface area contributed by atoms with Crippen LogP contribution >= 0.6 is 0 Å². The van der Waals surface area contributed by atoms with Crippen LogP contribution in [0.1, 0.15) is 31.2 Å². The van der Waals surface area contributed by atoms with E-state index in [1.165, 1.54) is 44.3 Å². The van der Waals surface area contributed by atoms with Crippen molar-refractivity contribution in [1.29, 1.82) is 0 Å². The van der Waals surface area contributed by atoms with Crippen molar-refractivity contribution in [3.05, 3.63) is 35.9 Å². The number of nitrogens with zero attached hydrogens (tertiary/aromatic N) is 1. The fourth-order valence-corrected chi connectivity index (χ4v) is 3.48. The van der Waals surface area contributed by atoms with Gasteiger partial charge in [-0.05, 0) is 43.7 Å². The number of hydrogen-bond acceptors (Lipinski definition) is 3. The Morgan fingerprint density at radius 3 is 2.76 bits per heavy atom. The van der Waals surface area contributed by atoms with Crippen LogP contribution in [-0.4, -0.2) is 43.8 Å². The SMILES string of the molecule is COCC(NC1CCCN(Cc2ccccc2)C1)C1CC1. The van der Waals surface area contributed by atoms with E-state index in [2.05, 4.69) is 40.5 Å². The highest BCUT2D eigenvalue weighted by Crippen LogP contribution is 2.33. The van der Waals surface area contributed by atoms with Crippen molar-refractivity contribution in [3.8, 4) is 0 Å². The molecule has 3 heteroatoms. The Morgan fingerprint density at radius 1 is 1.24 bits per heavy atom. The molecule has 1 aliphatic heterocycles. The molecule has 0 bridgehead atoms. The van der Waals surface area contributed by atoms with Gasteiger partial charge < -0.3 is 10.1 Å². The van der Waals surface area contributed by atoms with Crippen molar-refractivity contribution in [1.82, 2.24) is 10.2 Å². The third kappa shape index (κ3) is 4.53. The van der Waals surface area contributed by atoms with Crippen LogP contribution in [0.15, 0.2) is 30.3 Å². The molecule has 1 saturated carbocycles. The van der Waals surface area contributed by atoms with Gasteiger partial charge in [-0.1, -0.05) is 30.3 Å². The highest BCUT2D eigenvalue weighted by Gasteiger charge is 2.33. The Bertz CT molecular complexity index is 418. The van der Waals surface area contributed by atoms with Gasteiger partial charge in [0.1, 0.15) is 0 Å². The van der Waals surface area contributed by atoms with E-state index in [1.54, 1.807) is 0 Å². The van der Waals surface area contributed by atoms with Crippen molar-refractivity contribution in [2.45, 2.75) is 44.3 Å². The van der Waals surface area contributed by atoms with Crippen molar-refractivity contribution in [3.63, 3.8) is 0 Å².